The minimum atomic E-state index is 0.256. The molecule has 1 heterocycles. The fourth-order valence-corrected chi connectivity index (χ4v) is 2.14. The molecule has 0 unspecified atom stereocenters. The highest BCUT2D eigenvalue weighted by molar-refractivity contribution is 5.82. The number of hydrogen-bond acceptors (Lipinski definition) is 1. The lowest BCUT2D eigenvalue weighted by atomic mass is 9.79. The molecule has 0 aromatic heterocycles. The van der Waals surface area contributed by atoms with E-state index in [0.29, 0.717) is 11.8 Å². The van der Waals surface area contributed by atoms with Gasteiger partial charge in [-0.3, -0.25) is 4.79 Å². The molecule has 0 saturated carbocycles. The van der Waals surface area contributed by atoms with Gasteiger partial charge in [0.05, 0.1) is 0 Å². The number of fused-ring (bicyclic) bond motifs is 1. The summed E-state index contributed by atoms with van der Waals surface area (Å²) >= 11 is 0. The molecule has 1 saturated heterocycles. The first-order valence-electron chi connectivity index (χ1n) is 4.23. The van der Waals surface area contributed by atoms with Crippen molar-refractivity contribution in [2.75, 3.05) is 6.54 Å². The molecule has 2 rings (SSSR count). The van der Waals surface area contributed by atoms with Crippen LogP contribution in [0, 0.1) is 17.8 Å². The molecule has 0 aromatic rings. The molecular formula is C9H13NO. The van der Waals surface area contributed by atoms with Gasteiger partial charge in [-0.1, -0.05) is 19.1 Å². The van der Waals surface area contributed by atoms with Gasteiger partial charge in [0.1, 0.15) is 0 Å². The van der Waals surface area contributed by atoms with Crippen LogP contribution in [0.25, 0.3) is 0 Å². The zero-order valence-corrected chi connectivity index (χ0v) is 6.71. The van der Waals surface area contributed by atoms with E-state index in [1.165, 1.54) is 0 Å². The minimum absolute atomic E-state index is 0.256. The lowest BCUT2D eigenvalue weighted by Crippen LogP contribution is -2.26. The second-order valence-electron chi connectivity index (χ2n) is 3.58. The largest absolute Gasteiger partial charge is 0.355 e. The number of carbonyl (C=O) groups excluding carboxylic acids is 1. The van der Waals surface area contributed by atoms with Crippen LogP contribution < -0.4 is 5.32 Å². The van der Waals surface area contributed by atoms with Gasteiger partial charge in [-0.25, -0.2) is 0 Å². The summed E-state index contributed by atoms with van der Waals surface area (Å²) < 4.78 is 0. The number of carbonyl (C=O) groups is 1. The normalized spacial score (nSPS) is 41.9. The summed E-state index contributed by atoms with van der Waals surface area (Å²) in [5.41, 5.74) is 0. The van der Waals surface area contributed by atoms with Crippen LogP contribution in [0.4, 0.5) is 0 Å². The number of hydrogen-bond donors (Lipinski definition) is 1. The van der Waals surface area contributed by atoms with Crippen LogP contribution in [0.1, 0.15) is 13.3 Å². The minimum Gasteiger partial charge on any atom is -0.355 e. The average molecular weight is 151 g/mol. The smallest absolute Gasteiger partial charge is 0.224 e. The summed E-state index contributed by atoms with van der Waals surface area (Å²) in [5.74, 6) is 1.53. The first kappa shape index (κ1) is 6.89. The molecule has 2 aliphatic rings. The maximum Gasteiger partial charge on any atom is 0.224 e. The highest BCUT2D eigenvalue weighted by Gasteiger charge is 2.38. The second-order valence-corrected chi connectivity index (χ2v) is 3.58. The third-order valence-corrected chi connectivity index (χ3v) is 2.78. The molecule has 60 valence electrons. The Hall–Kier alpha value is -0.790. The summed E-state index contributed by atoms with van der Waals surface area (Å²) in [4.78, 5) is 11.3. The molecular weight excluding hydrogens is 138 g/mol. The van der Waals surface area contributed by atoms with Gasteiger partial charge in [0.25, 0.3) is 0 Å². The third-order valence-electron chi connectivity index (χ3n) is 2.78. The van der Waals surface area contributed by atoms with E-state index in [1.54, 1.807) is 0 Å². The van der Waals surface area contributed by atoms with E-state index >= 15 is 0 Å². The molecule has 1 amide bonds. The van der Waals surface area contributed by atoms with Crippen molar-refractivity contribution in [3.05, 3.63) is 12.2 Å². The van der Waals surface area contributed by atoms with Crippen LogP contribution >= 0.6 is 0 Å². The van der Waals surface area contributed by atoms with Gasteiger partial charge in [0.15, 0.2) is 0 Å². The zero-order valence-electron chi connectivity index (χ0n) is 6.71. The topological polar surface area (TPSA) is 29.1 Å². The Kier molecular flexibility index (Phi) is 1.48. The Balaban J connectivity index is 2.24. The number of allylic oxidation sites excluding steroid dienone is 1. The van der Waals surface area contributed by atoms with E-state index in [-0.39, 0.29) is 11.8 Å². The van der Waals surface area contributed by atoms with E-state index in [9.17, 15) is 4.79 Å². The molecule has 1 N–H and O–H groups in total. The van der Waals surface area contributed by atoms with Gasteiger partial charge in [0, 0.05) is 18.4 Å². The third kappa shape index (κ3) is 0.971. The SMILES string of the molecule is C[C@@H]1CC=C[C@H]2CNC(=O)[C@@H]12. The summed E-state index contributed by atoms with van der Waals surface area (Å²) in [6, 6.07) is 0. The molecule has 0 aromatic carbocycles. The van der Waals surface area contributed by atoms with Gasteiger partial charge >= 0.3 is 0 Å². The second kappa shape index (κ2) is 2.36. The van der Waals surface area contributed by atoms with Crippen molar-refractivity contribution in [2.45, 2.75) is 13.3 Å². The van der Waals surface area contributed by atoms with E-state index < -0.39 is 0 Å². The maximum absolute atomic E-state index is 11.3. The first-order chi connectivity index (χ1) is 5.29. The number of amides is 1. The standard InChI is InChI=1S/C9H13NO/c1-6-3-2-4-7-5-10-9(11)8(6)7/h2,4,6-8H,3,5H2,1H3,(H,10,11)/t6-,7+,8+/m1/s1. The van der Waals surface area contributed by atoms with Crippen molar-refractivity contribution in [3.8, 4) is 0 Å². The van der Waals surface area contributed by atoms with E-state index in [0.717, 1.165) is 13.0 Å². The molecule has 2 nitrogen and oxygen atoms in total. The molecule has 0 bridgehead atoms. The number of nitrogens with one attached hydrogen (secondary N) is 1. The Morgan fingerprint density at radius 3 is 3.18 bits per heavy atom. The monoisotopic (exact) mass is 151 g/mol. The quantitative estimate of drug-likeness (QED) is 0.513. The summed E-state index contributed by atoms with van der Waals surface area (Å²) in [7, 11) is 0. The van der Waals surface area contributed by atoms with Gasteiger partial charge in [-0.15, -0.1) is 0 Å². The fourth-order valence-electron chi connectivity index (χ4n) is 2.14. The lowest BCUT2D eigenvalue weighted by molar-refractivity contribution is -0.124. The van der Waals surface area contributed by atoms with E-state index in [1.807, 2.05) is 0 Å². The van der Waals surface area contributed by atoms with Gasteiger partial charge < -0.3 is 5.32 Å². The molecule has 0 radical (unpaired) electrons. The van der Waals surface area contributed by atoms with E-state index in [4.69, 9.17) is 0 Å². The van der Waals surface area contributed by atoms with Crippen LogP contribution in [0.5, 0.6) is 0 Å². The van der Waals surface area contributed by atoms with Crippen molar-refractivity contribution in [1.82, 2.24) is 5.32 Å². The molecule has 1 fully saturated rings. The number of rotatable bonds is 0. The molecule has 2 heteroatoms. The molecule has 3 atom stereocenters. The van der Waals surface area contributed by atoms with Gasteiger partial charge in [-0.2, -0.15) is 0 Å². The van der Waals surface area contributed by atoms with Gasteiger partial charge in [-0.05, 0) is 12.3 Å². The highest BCUT2D eigenvalue weighted by atomic mass is 16.2. The van der Waals surface area contributed by atoms with E-state index in [2.05, 4.69) is 24.4 Å². The van der Waals surface area contributed by atoms with Crippen molar-refractivity contribution in [3.63, 3.8) is 0 Å². The highest BCUT2D eigenvalue weighted by Crippen LogP contribution is 2.32. The summed E-state index contributed by atoms with van der Waals surface area (Å²) in [5, 5.41) is 2.90. The lowest BCUT2D eigenvalue weighted by Gasteiger charge is -2.23. The molecule has 0 spiro atoms. The molecule has 1 aliphatic carbocycles. The predicted molar refractivity (Wildman–Crippen MR) is 42.9 cm³/mol. The van der Waals surface area contributed by atoms with Crippen LogP contribution in [0.2, 0.25) is 0 Å². The Morgan fingerprint density at radius 2 is 2.45 bits per heavy atom. The molecule has 1 aliphatic heterocycles. The van der Waals surface area contributed by atoms with Crippen molar-refractivity contribution in [1.29, 1.82) is 0 Å². The molecule has 11 heavy (non-hydrogen) atoms. The summed E-state index contributed by atoms with van der Waals surface area (Å²) in [6.45, 7) is 3.01. The Morgan fingerprint density at radius 1 is 1.64 bits per heavy atom. The van der Waals surface area contributed by atoms with Crippen LogP contribution in [0.15, 0.2) is 12.2 Å². The summed E-state index contributed by atoms with van der Waals surface area (Å²) in [6.07, 6.45) is 5.45. The maximum atomic E-state index is 11.3. The zero-order chi connectivity index (χ0) is 7.84. The van der Waals surface area contributed by atoms with Crippen LogP contribution in [-0.2, 0) is 4.79 Å². The first-order valence-corrected chi connectivity index (χ1v) is 4.23. The fraction of sp³-hybridized carbons (Fsp3) is 0.667. The van der Waals surface area contributed by atoms with Crippen molar-refractivity contribution < 1.29 is 4.79 Å². The van der Waals surface area contributed by atoms with Crippen molar-refractivity contribution in [2.24, 2.45) is 17.8 Å². The van der Waals surface area contributed by atoms with Crippen LogP contribution in [0.3, 0.4) is 0 Å². The Bertz CT molecular complexity index is 210. The predicted octanol–water partition coefficient (Wildman–Crippen LogP) is 0.945. The Labute approximate surface area is 66.7 Å². The van der Waals surface area contributed by atoms with Crippen molar-refractivity contribution >= 4 is 5.91 Å². The van der Waals surface area contributed by atoms with Gasteiger partial charge in [0.2, 0.25) is 5.91 Å². The average Bonchev–Trinajstić information content (AvgIpc) is 2.34. The van der Waals surface area contributed by atoms with Crippen LogP contribution in [-0.4, -0.2) is 12.5 Å².